The van der Waals surface area contributed by atoms with Gasteiger partial charge in [-0.05, 0) is 34.7 Å². The number of hydrogen-bond donors (Lipinski definition) is 0. The van der Waals surface area contributed by atoms with E-state index >= 15 is 0 Å². The molecule has 15 heavy (non-hydrogen) atoms. The van der Waals surface area contributed by atoms with Gasteiger partial charge in [-0.3, -0.25) is 4.79 Å². The Balaban J connectivity index is 2.10. The van der Waals surface area contributed by atoms with Crippen LogP contribution in [0.2, 0.25) is 0 Å². The zero-order chi connectivity index (χ0) is 10.3. The van der Waals surface area contributed by atoms with E-state index in [1.165, 1.54) is 15.6 Å². The second-order valence-electron chi connectivity index (χ2n) is 4.16. The maximum Gasteiger partial charge on any atom is 0.133 e. The molecule has 76 valence electrons. The van der Waals surface area contributed by atoms with E-state index in [4.69, 9.17) is 0 Å². The number of ketones is 1. The summed E-state index contributed by atoms with van der Waals surface area (Å²) in [6.45, 7) is 0. The van der Waals surface area contributed by atoms with Crippen LogP contribution in [-0.2, 0) is 4.79 Å². The largest absolute Gasteiger partial charge is 0.300 e. The molecule has 0 aliphatic heterocycles. The standard InChI is InChI=1S/C13H12OS/c14-11-5-4-10(8-11)12-3-1-2-9-6-7-15-13(9)12/h1-3,6-7,10H,4-5,8H2. The molecule has 1 aromatic heterocycles. The van der Waals surface area contributed by atoms with E-state index in [1.807, 2.05) is 0 Å². The molecule has 0 radical (unpaired) electrons. The summed E-state index contributed by atoms with van der Waals surface area (Å²) in [5.41, 5.74) is 1.38. The smallest absolute Gasteiger partial charge is 0.133 e. The fourth-order valence-corrected chi connectivity index (χ4v) is 3.41. The topological polar surface area (TPSA) is 17.1 Å². The van der Waals surface area contributed by atoms with Gasteiger partial charge in [-0.2, -0.15) is 0 Å². The van der Waals surface area contributed by atoms with Gasteiger partial charge in [0.2, 0.25) is 0 Å². The Morgan fingerprint density at radius 2 is 2.20 bits per heavy atom. The van der Waals surface area contributed by atoms with Crippen LogP contribution in [0.15, 0.2) is 29.6 Å². The van der Waals surface area contributed by atoms with Gasteiger partial charge in [0, 0.05) is 17.5 Å². The Morgan fingerprint density at radius 1 is 1.27 bits per heavy atom. The Hall–Kier alpha value is -1.15. The van der Waals surface area contributed by atoms with Crippen molar-refractivity contribution >= 4 is 27.2 Å². The van der Waals surface area contributed by atoms with Gasteiger partial charge in [0.25, 0.3) is 0 Å². The Bertz CT molecular complexity index is 512. The number of fused-ring (bicyclic) bond motifs is 1. The highest BCUT2D eigenvalue weighted by Gasteiger charge is 2.24. The van der Waals surface area contributed by atoms with E-state index in [0.717, 1.165) is 19.3 Å². The Kier molecular flexibility index (Phi) is 2.10. The van der Waals surface area contributed by atoms with Crippen LogP contribution in [-0.4, -0.2) is 5.78 Å². The van der Waals surface area contributed by atoms with Gasteiger partial charge in [0.05, 0.1) is 0 Å². The van der Waals surface area contributed by atoms with Gasteiger partial charge in [0.15, 0.2) is 0 Å². The van der Waals surface area contributed by atoms with Gasteiger partial charge in [-0.25, -0.2) is 0 Å². The molecule has 0 spiro atoms. The average Bonchev–Trinajstić information content (AvgIpc) is 2.84. The molecule has 1 aliphatic rings. The van der Waals surface area contributed by atoms with E-state index in [0.29, 0.717) is 11.7 Å². The third kappa shape index (κ3) is 1.49. The highest BCUT2D eigenvalue weighted by molar-refractivity contribution is 7.17. The van der Waals surface area contributed by atoms with Gasteiger partial charge in [-0.1, -0.05) is 18.2 Å². The summed E-state index contributed by atoms with van der Waals surface area (Å²) in [7, 11) is 0. The first kappa shape index (κ1) is 9.10. The third-order valence-electron chi connectivity index (χ3n) is 3.19. The zero-order valence-electron chi connectivity index (χ0n) is 8.40. The van der Waals surface area contributed by atoms with Gasteiger partial charge >= 0.3 is 0 Å². The normalized spacial score (nSPS) is 21.3. The summed E-state index contributed by atoms with van der Waals surface area (Å²) < 4.78 is 1.37. The Labute approximate surface area is 92.7 Å². The molecule has 1 saturated carbocycles. The van der Waals surface area contributed by atoms with E-state index in [9.17, 15) is 4.79 Å². The van der Waals surface area contributed by atoms with Crippen molar-refractivity contribution in [1.29, 1.82) is 0 Å². The van der Waals surface area contributed by atoms with Crippen LogP contribution in [0.1, 0.15) is 30.7 Å². The molecule has 1 fully saturated rings. The van der Waals surface area contributed by atoms with Crippen molar-refractivity contribution in [3.05, 3.63) is 35.2 Å². The zero-order valence-corrected chi connectivity index (χ0v) is 9.22. The summed E-state index contributed by atoms with van der Waals surface area (Å²) in [6.07, 6.45) is 2.55. The van der Waals surface area contributed by atoms with Crippen LogP contribution < -0.4 is 0 Å². The maximum absolute atomic E-state index is 11.3. The van der Waals surface area contributed by atoms with Crippen molar-refractivity contribution in [2.45, 2.75) is 25.2 Å². The molecule has 1 heterocycles. The average molecular weight is 216 g/mol. The molecular weight excluding hydrogens is 204 g/mol. The molecule has 1 aromatic carbocycles. The van der Waals surface area contributed by atoms with E-state index < -0.39 is 0 Å². The van der Waals surface area contributed by atoms with Gasteiger partial charge in [-0.15, -0.1) is 11.3 Å². The van der Waals surface area contributed by atoms with Crippen molar-refractivity contribution in [2.24, 2.45) is 0 Å². The lowest BCUT2D eigenvalue weighted by Crippen LogP contribution is -1.93. The lowest BCUT2D eigenvalue weighted by Gasteiger charge is -2.09. The van der Waals surface area contributed by atoms with E-state index in [1.54, 1.807) is 11.3 Å². The minimum absolute atomic E-state index is 0.425. The van der Waals surface area contributed by atoms with Gasteiger partial charge < -0.3 is 0 Å². The van der Waals surface area contributed by atoms with Crippen LogP contribution >= 0.6 is 11.3 Å². The van der Waals surface area contributed by atoms with Crippen molar-refractivity contribution < 1.29 is 4.79 Å². The summed E-state index contributed by atoms with van der Waals surface area (Å²) in [5.74, 6) is 0.897. The fourth-order valence-electron chi connectivity index (χ4n) is 2.42. The number of hydrogen-bond acceptors (Lipinski definition) is 2. The molecule has 0 saturated heterocycles. The second-order valence-corrected chi connectivity index (χ2v) is 5.08. The van der Waals surface area contributed by atoms with Crippen molar-refractivity contribution in [3.8, 4) is 0 Å². The number of thiophene rings is 1. The quantitative estimate of drug-likeness (QED) is 0.709. The van der Waals surface area contributed by atoms with Crippen molar-refractivity contribution in [3.63, 3.8) is 0 Å². The number of carbonyl (C=O) groups is 1. The molecule has 1 atom stereocenters. The first-order valence-electron chi connectivity index (χ1n) is 5.32. The lowest BCUT2D eigenvalue weighted by molar-refractivity contribution is -0.117. The molecule has 1 nitrogen and oxygen atoms in total. The van der Waals surface area contributed by atoms with E-state index in [2.05, 4.69) is 29.6 Å². The monoisotopic (exact) mass is 216 g/mol. The van der Waals surface area contributed by atoms with Crippen LogP contribution in [0.3, 0.4) is 0 Å². The molecule has 2 aromatic rings. The number of benzene rings is 1. The minimum atomic E-state index is 0.425. The molecule has 2 heteroatoms. The summed E-state index contributed by atoms with van der Waals surface area (Å²) in [4.78, 5) is 11.3. The first-order chi connectivity index (χ1) is 7.34. The molecular formula is C13H12OS. The Morgan fingerprint density at radius 3 is 3.00 bits per heavy atom. The lowest BCUT2D eigenvalue weighted by atomic mass is 9.97. The summed E-state index contributed by atoms with van der Waals surface area (Å²) in [5, 5.41) is 3.45. The first-order valence-corrected chi connectivity index (χ1v) is 6.20. The maximum atomic E-state index is 11.3. The third-order valence-corrected chi connectivity index (χ3v) is 4.17. The highest BCUT2D eigenvalue weighted by atomic mass is 32.1. The van der Waals surface area contributed by atoms with Crippen molar-refractivity contribution in [2.75, 3.05) is 0 Å². The van der Waals surface area contributed by atoms with E-state index in [-0.39, 0.29) is 0 Å². The number of carbonyl (C=O) groups excluding carboxylic acids is 1. The number of Topliss-reactive ketones (excluding diaryl/α,β-unsaturated/α-hetero) is 1. The summed E-state index contributed by atoms with van der Waals surface area (Å²) in [6, 6.07) is 8.58. The summed E-state index contributed by atoms with van der Waals surface area (Å²) >= 11 is 1.79. The minimum Gasteiger partial charge on any atom is -0.300 e. The highest BCUT2D eigenvalue weighted by Crippen LogP contribution is 2.37. The SMILES string of the molecule is O=C1CCC(c2cccc3ccsc23)C1. The molecule has 0 amide bonds. The van der Waals surface area contributed by atoms with Crippen LogP contribution in [0.5, 0.6) is 0 Å². The number of rotatable bonds is 1. The van der Waals surface area contributed by atoms with Gasteiger partial charge in [0.1, 0.15) is 5.78 Å². The molecule has 3 rings (SSSR count). The van der Waals surface area contributed by atoms with Crippen LogP contribution in [0, 0.1) is 0 Å². The molecule has 0 N–H and O–H groups in total. The molecule has 0 bridgehead atoms. The van der Waals surface area contributed by atoms with Crippen LogP contribution in [0.25, 0.3) is 10.1 Å². The predicted molar refractivity (Wildman–Crippen MR) is 63.4 cm³/mol. The molecule has 1 unspecified atom stereocenters. The molecule has 1 aliphatic carbocycles. The van der Waals surface area contributed by atoms with Crippen molar-refractivity contribution in [1.82, 2.24) is 0 Å². The second kappa shape index (κ2) is 3.46. The predicted octanol–water partition coefficient (Wildman–Crippen LogP) is 3.74. The van der Waals surface area contributed by atoms with Crippen LogP contribution in [0.4, 0.5) is 0 Å². The fraction of sp³-hybridized carbons (Fsp3) is 0.308.